The highest BCUT2D eigenvalue weighted by Gasteiger charge is 2.30. The number of aliphatic hydroxyl groups is 1. The smallest absolute Gasteiger partial charge is 0.415 e. The number of likely N-dealkylation sites (tertiary alicyclic amines) is 1. The predicted octanol–water partition coefficient (Wildman–Crippen LogP) is 5.60. The van der Waals surface area contributed by atoms with Gasteiger partial charge in [0, 0.05) is 42.8 Å². The third-order valence-electron chi connectivity index (χ3n) is 7.60. The minimum absolute atomic E-state index is 0.00905. The molecule has 2 heterocycles. The molecule has 1 fully saturated rings. The Morgan fingerprint density at radius 3 is 2.40 bits per heavy atom. The van der Waals surface area contributed by atoms with Crippen LogP contribution >= 0.6 is 0 Å². The molecule has 0 spiro atoms. The Bertz CT molecular complexity index is 1550. The number of rotatable bonds is 13. The number of aliphatic hydroxyl groups excluding tert-OH is 1. The van der Waals surface area contributed by atoms with Crippen LogP contribution in [0.5, 0.6) is 5.75 Å². The monoisotopic (exact) mass is 674 g/mol. The molecule has 2 aromatic carbocycles. The second kappa shape index (κ2) is 16.9. The van der Waals surface area contributed by atoms with E-state index >= 15 is 0 Å². The van der Waals surface area contributed by atoms with Gasteiger partial charge < -0.3 is 39.2 Å². The van der Waals surface area contributed by atoms with Gasteiger partial charge in [-0.3, -0.25) is 4.90 Å². The lowest BCUT2D eigenvalue weighted by molar-refractivity contribution is -0.140. The normalized spacial score (nSPS) is 14.5. The first kappa shape index (κ1) is 36.9. The fourth-order valence-electron chi connectivity index (χ4n) is 5.41. The molecule has 48 heavy (non-hydrogen) atoms. The van der Waals surface area contributed by atoms with Crippen LogP contribution in [-0.4, -0.2) is 103 Å². The van der Waals surface area contributed by atoms with Crippen LogP contribution < -0.4 is 10.2 Å². The van der Waals surface area contributed by atoms with Crippen molar-refractivity contribution in [1.82, 2.24) is 9.47 Å². The van der Waals surface area contributed by atoms with Crippen LogP contribution in [0, 0.1) is 11.8 Å². The molecule has 3 N–H and O–H groups in total. The number of halogens is 3. The average Bonchev–Trinajstić information content (AvgIpc) is 3.35. The van der Waals surface area contributed by atoms with Gasteiger partial charge in [-0.2, -0.15) is 13.2 Å². The standard InChI is InChI=1S/C35H45F3N4O6/c1-34(2,3)48-33(45)41(27-7-4-9-29(44)23-27)14-6-8-28-24-30-31(10-5-11-32(30)42(28)25-35(36,37)38)39-26-12-15-40(16-13-26)17-19-46-21-22-47-20-18-43/h4-5,7,9-11,23-24,26,39,43-44H,12-22,25H2,1-3H3. The number of amides is 1. The van der Waals surface area contributed by atoms with E-state index in [0.717, 1.165) is 42.7 Å². The van der Waals surface area contributed by atoms with Crippen molar-refractivity contribution in [3.8, 4) is 17.6 Å². The summed E-state index contributed by atoms with van der Waals surface area (Å²) in [6, 6.07) is 13.1. The summed E-state index contributed by atoms with van der Waals surface area (Å²) in [7, 11) is 0. The van der Waals surface area contributed by atoms with Gasteiger partial charge in [-0.05, 0) is 69.9 Å². The van der Waals surface area contributed by atoms with Gasteiger partial charge in [0.1, 0.15) is 17.9 Å². The number of aromatic hydroxyl groups is 1. The van der Waals surface area contributed by atoms with Crippen LogP contribution in [0.3, 0.4) is 0 Å². The number of benzene rings is 2. The Morgan fingerprint density at radius 1 is 1.02 bits per heavy atom. The number of fused-ring (bicyclic) bond motifs is 1. The number of phenolic OH excluding ortho intramolecular Hbond substituents is 1. The van der Waals surface area contributed by atoms with E-state index in [2.05, 4.69) is 22.1 Å². The van der Waals surface area contributed by atoms with Crippen molar-refractivity contribution >= 4 is 28.4 Å². The number of hydrogen-bond donors (Lipinski definition) is 3. The first-order chi connectivity index (χ1) is 22.8. The number of aromatic nitrogens is 1. The van der Waals surface area contributed by atoms with Gasteiger partial charge >= 0.3 is 12.3 Å². The molecule has 0 bridgehead atoms. The Balaban J connectivity index is 1.49. The lowest BCUT2D eigenvalue weighted by Crippen LogP contribution is -2.40. The van der Waals surface area contributed by atoms with Crippen molar-refractivity contribution in [2.24, 2.45) is 0 Å². The van der Waals surface area contributed by atoms with E-state index < -0.39 is 24.4 Å². The highest BCUT2D eigenvalue weighted by Crippen LogP contribution is 2.31. The van der Waals surface area contributed by atoms with E-state index in [4.69, 9.17) is 19.3 Å². The van der Waals surface area contributed by atoms with Gasteiger partial charge in [-0.15, -0.1) is 0 Å². The van der Waals surface area contributed by atoms with Gasteiger partial charge in [-0.1, -0.05) is 18.1 Å². The van der Waals surface area contributed by atoms with Crippen LogP contribution in [0.15, 0.2) is 48.5 Å². The molecular weight excluding hydrogens is 629 g/mol. The quantitative estimate of drug-likeness (QED) is 0.159. The van der Waals surface area contributed by atoms with Crippen LogP contribution in [0.2, 0.25) is 0 Å². The summed E-state index contributed by atoms with van der Waals surface area (Å²) in [6.07, 6.45) is -3.46. The fourth-order valence-corrected chi connectivity index (χ4v) is 5.41. The molecule has 10 nitrogen and oxygen atoms in total. The van der Waals surface area contributed by atoms with E-state index in [1.165, 1.54) is 17.0 Å². The summed E-state index contributed by atoms with van der Waals surface area (Å²) in [5.74, 6) is 5.67. The Morgan fingerprint density at radius 2 is 1.73 bits per heavy atom. The molecule has 0 radical (unpaired) electrons. The van der Waals surface area contributed by atoms with E-state index in [-0.39, 0.29) is 30.6 Å². The zero-order chi connectivity index (χ0) is 34.7. The van der Waals surface area contributed by atoms with E-state index in [1.54, 1.807) is 51.1 Å². The Hall–Kier alpha value is -3.96. The Labute approximate surface area is 279 Å². The van der Waals surface area contributed by atoms with Crippen LogP contribution in [0.25, 0.3) is 10.9 Å². The van der Waals surface area contributed by atoms with Gasteiger partial charge in [0.2, 0.25) is 0 Å². The average molecular weight is 675 g/mol. The van der Waals surface area contributed by atoms with Gasteiger partial charge in [0.05, 0.1) is 56.5 Å². The summed E-state index contributed by atoms with van der Waals surface area (Å²) in [5, 5.41) is 22.9. The predicted molar refractivity (Wildman–Crippen MR) is 178 cm³/mol. The lowest BCUT2D eigenvalue weighted by atomic mass is 10.0. The minimum atomic E-state index is -4.49. The molecule has 262 valence electrons. The summed E-state index contributed by atoms with van der Waals surface area (Å²) in [5.41, 5.74) is 0.827. The number of hydrogen-bond acceptors (Lipinski definition) is 8. The Kier molecular flexibility index (Phi) is 13.0. The third kappa shape index (κ3) is 11.3. The molecular formula is C35H45F3N4O6. The molecule has 3 aromatic rings. The van der Waals surface area contributed by atoms with Crippen molar-refractivity contribution in [2.45, 2.75) is 58.0 Å². The minimum Gasteiger partial charge on any atom is -0.508 e. The molecule has 1 saturated heterocycles. The molecule has 1 amide bonds. The molecule has 1 aliphatic rings. The molecule has 4 rings (SSSR count). The van der Waals surface area contributed by atoms with E-state index in [0.29, 0.717) is 43.0 Å². The summed E-state index contributed by atoms with van der Waals surface area (Å²) in [6.45, 7) is 8.06. The van der Waals surface area contributed by atoms with Crippen LogP contribution in [0.4, 0.5) is 29.3 Å². The summed E-state index contributed by atoms with van der Waals surface area (Å²) in [4.78, 5) is 16.6. The lowest BCUT2D eigenvalue weighted by Gasteiger charge is -2.32. The maximum Gasteiger partial charge on any atom is 0.415 e. The maximum atomic E-state index is 13.8. The number of nitrogens with zero attached hydrogens (tertiary/aromatic N) is 3. The van der Waals surface area contributed by atoms with Gasteiger partial charge in [0.15, 0.2) is 0 Å². The van der Waals surface area contributed by atoms with Crippen molar-refractivity contribution < 1.29 is 42.4 Å². The number of ether oxygens (including phenoxy) is 3. The molecule has 13 heteroatoms. The topological polar surface area (TPSA) is 109 Å². The number of carbonyl (C=O) groups is 1. The molecule has 1 aliphatic heterocycles. The SMILES string of the molecule is CC(C)(C)OC(=O)N(CC#Cc1cc2c(NC3CCN(CCOCCOCCO)CC3)cccc2n1CC(F)(F)F)c1cccc(O)c1. The zero-order valence-electron chi connectivity index (χ0n) is 27.7. The number of piperidine rings is 1. The van der Waals surface area contributed by atoms with Crippen molar-refractivity contribution in [3.63, 3.8) is 0 Å². The molecule has 0 saturated carbocycles. The highest BCUT2D eigenvalue weighted by atomic mass is 19.4. The molecule has 0 atom stereocenters. The van der Waals surface area contributed by atoms with Crippen LogP contribution in [-0.2, 0) is 20.8 Å². The van der Waals surface area contributed by atoms with Gasteiger partial charge in [-0.25, -0.2) is 4.79 Å². The molecule has 0 unspecified atom stereocenters. The third-order valence-corrected chi connectivity index (χ3v) is 7.60. The van der Waals surface area contributed by atoms with Crippen molar-refractivity contribution in [1.29, 1.82) is 0 Å². The molecule has 0 aliphatic carbocycles. The van der Waals surface area contributed by atoms with Crippen LogP contribution in [0.1, 0.15) is 39.3 Å². The van der Waals surface area contributed by atoms with Crippen molar-refractivity contribution in [2.75, 3.05) is 69.4 Å². The van der Waals surface area contributed by atoms with Crippen molar-refractivity contribution in [3.05, 3.63) is 54.2 Å². The largest absolute Gasteiger partial charge is 0.508 e. The highest BCUT2D eigenvalue weighted by molar-refractivity contribution is 5.94. The maximum absolute atomic E-state index is 13.8. The second-order valence-electron chi connectivity index (χ2n) is 12.6. The molecule has 1 aromatic heterocycles. The number of carbonyl (C=O) groups excluding carboxylic acids is 1. The van der Waals surface area contributed by atoms with E-state index in [9.17, 15) is 23.1 Å². The first-order valence-corrected chi connectivity index (χ1v) is 16.1. The number of nitrogens with one attached hydrogen (secondary N) is 1. The zero-order valence-corrected chi connectivity index (χ0v) is 27.7. The number of phenols is 1. The second-order valence-corrected chi connectivity index (χ2v) is 12.6. The van der Waals surface area contributed by atoms with Gasteiger partial charge in [0.25, 0.3) is 0 Å². The van der Waals surface area contributed by atoms with E-state index in [1.807, 2.05) is 6.07 Å². The summed E-state index contributed by atoms with van der Waals surface area (Å²) < 4.78 is 58.8. The summed E-state index contributed by atoms with van der Waals surface area (Å²) >= 11 is 0. The first-order valence-electron chi connectivity index (χ1n) is 16.1. The fraction of sp³-hybridized carbons (Fsp3) is 0.514. The number of alkyl halides is 3. The number of anilines is 2.